The van der Waals surface area contributed by atoms with Crippen molar-refractivity contribution >= 4 is 39.4 Å². The molecule has 4 aliphatic carbocycles. The number of halogens is 2. The van der Waals surface area contributed by atoms with Crippen LogP contribution in [0, 0.1) is 23.2 Å². The molecule has 1 aromatic rings. The Labute approximate surface area is 166 Å². The molecule has 0 unspecified atom stereocenters. The molecule has 0 aliphatic heterocycles. The van der Waals surface area contributed by atoms with E-state index in [4.69, 9.17) is 11.6 Å². The zero-order chi connectivity index (χ0) is 18.5. The summed E-state index contributed by atoms with van der Waals surface area (Å²) in [5.74, 6) is 0.893. The first-order valence-corrected chi connectivity index (χ1v) is 10.5. The van der Waals surface area contributed by atoms with Gasteiger partial charge in [0.25, 0.3) is 0 Å². The van der Waals surface area contributed by atoms with Gasteiger partial charge in [0, 0.05) is 21.3 Å². The van der Waals surface area contributed by atoms with Gasteiger partial charge in [-0.2, -0.15) is 0 Å². The Morgan fingerprint density at radius 3 is 2.31 bits per heavy atom. The smallest absolute Gasteiger partial charge is 0.326 e. The molecular formula is C20H23BrClNO3. The molecule has 4 bridgehead atoms. The molecule has 0 radical (unpaired) electrons. The molecule has 4 nitrogen and oxygen atoms in total. The van der Waals surface area contributed by atoms with Gasteiger partial charge in [-0.1, -0.05) is 27.5 Å². The topological polar surface area (TPSA) is 66.4 Å². The van der Waals surface area contributed by atoms with Gasteiger partial charge < -0.3 is 10.4 Å². The summed E-state index contributed by atoms with van der Waals surface area (Å²) in [6.07, 6.45) is 6.77. The van der Waals surface area contributed by atoms with Gasteiger partial charge in [-0.25, -0.2) is 4.79 Å². The van der Waals surface area contributed by atoms with Crippen LogP contribution in [0.3, 0.4) is 0 Å². The van der Waals surface area contributed by atoms with Gasteiger partial charge in [-0.15, -0.1) is 0 Å². The van der Waals surface area contributed by atoms with Crippen molar-refractivity contribution < 1.29 is 14.7 Å². The van der Waals surface area contributed by atoms with Gasteiger partial charge in [0.05, 0.1) is 0 Å². The summed E-state index contributed by atoms with van der Waals surface area (Å²) >= 11 is 9.48. The minimum absolute atomic E-state index is 0.0536. The van der Waals surface area contributed by atoms with Crippen LogP contribution in [0.25, 0.3) is 0 Å². The molecule has 0 spiro atoms. The first kappa shape index (κ1) is 18.3. The average Bonchev–Trinajstić information content (AvgIpc) is 2.56. The monoisotopic (exact) mass is 439 g/mol. The lowest BCUT2D eigenvalue weighted by atomic mass is 9.49. The largest absolute Gasteiger partial charge is 0.480 e. The van der Waals surface area contributed by atoms with Gasteiger partial charge in [-0.3, -0.25) is 4.79 Å². The maximum atomic E-state index is 13.1. The van der Waals surface area contributed by atoms with E-state index >= 15 is 0 Å². The molecule has 4 aliphatic rings. The molecule has 0 heterocycles. The van der Waals surface area contributed by atoms with E-state index in [1.807, 2.05) is 0 Å². The Morgan fingerprint density at radius 1 is 1.19 bits per heavy atom. The van der Waals surface area contributed by atoms with Gasteiger partial charge in [0.1, 0.15) is 6.04 Å². The van der Waals surface area contributed by atoms with Crippen molar-refractivity contribution in [2.75, 3.05) is 0 Å². The van der Waals surface area contributed by atoms with Crippen molar-refractivity contribution in [1.29, 1.82) is 0 Å². The third kappa shape index (κ3) is 3.40. The Balaban J connectivity index is 1.51. The van der Waals surface area contributed by atoms with E-state index in [1.54, 1.807) is 18.2 Å². The quantitative estimate of drug-likeness (QED) is 0.712. The molecule has 5 rings (SSSR count). The highest BCUT2D eigenvalue weighted by Gasteiger charge is 2.54. The predicted octanol–water partition coefficient (Wildman–Crippen LogP) is 4.43. The third-order valence-corrected chi connectivity index (χ3v) is 7.56. The van der Waals surface area contributed by atoms with Crippen molar-refractivity contribution in [3.8, 4) is 0 Å². The molecule has 140 valence electrons. The van der Waals surface area contributed by atoms with E-state index in [0.29, 0.717) is 22.8 Å². The lowest BCUT2D eigenvalue weighted by Gasteiger charge is -2.55. The van der Waals surface area contributed by atoms with Crippen LogP contribution in [-0.2, 0) is 16.0 Å². The third-order valence-electron chi connectivity index (χ3n) is 6.56. The number of carboxylic acid groups (broad SMARTS) is 1. The van der Waals surface area contributed by atoms with Gasteiger partial charge in [0.2, 0.25) is 5.91 Å². The highest BCUT2D eigenvalue weighted by molar-refractivity contribution is 9.10. The highest BCUT2D eigenvalue weighted by atomic mass is 79.9. The summed E-state index contributed by atoms with van der Waals surface area (Å²) < 4.78 is 0.803. The number of hydrogen-bond donors (Lipinski definition) is 2. The van der Waals surface area contributed by atoms with Crippen LogP contribution < -0.4 is 5.32 Å². The molecule has 6 heteroatoms. The van der Waals surface area contributed by atoms with Crippen molar-refractivity contribution in [3.05, 3.63) is 33.3 Å². The standard InChI is InChI=1S/C20H23BrClNO3/c21-16-2-1-15(22)6-14(16)7-17(18(24)25)23-19(26)20-8-11-3-12(9-20)5-13(4-11)10-20/h1-2,6,11-13,17H,3-5,7-10H2,(H,23,26)(H,24,25)/t11?,12?,13?,17-,20?/m0/s1. The number of carboxylic acids is 1. The van der Waals surface area contributed by atoms with Gasteiger partial charge in [-0.05, 0) is 80.0 Å². The first-order valence-electron chi connectivity index (χ1n) is 9.32. The van der Waals surface area contributed by atoms with E-state index in [0.717, 1.165) is 29.3 Å². The number of aliphatic carboxylic acids is 1. The second-order valence-corrected chi connectivity index (χ2v) is 9.79. The fourth-order valence-corrected chi connectivity index (χ4v) is 6.42. The van der Waals surface area contributed by atoms with Gasteiger partial charge >= 0.3 is 5.97 Å². The number of carbonyl (C=O) groups excluding carboxylic acids is 1. The number of carbonyl (C=O) groups is 2. The van der Waals surface area contributed by atoms with Crippen LogP contribution in [0.15, 0.2) is 22.7 Å². The molecule has 0 saturated heterocycles. The van der Waals surface area contributed by atoms with Crippen LogP contribution in [0.4, 0.5) is 0 Å². The lowest BCUT2D eigenvalue weighted by Crippen LogP contribution is -2.56. The molecule has 1 aromatic carbocycles. The van der Waals surface area contributed by atoms with Gasteiger partial charge in [0.15, 0.2) is 0 Å². The maximum absolute atomic E-state index is 13.1. The summed E-state index contributed by atoms with van der Waals surface area (Å²) in [7, 11) is 0. The molecular weight excluding hydrogens is 418 g/mol. The van der Waals surface area contributed by atoms with Crippen LogP contribution in [-0.4, -0.2) is 23.0 Å². The minimum atomic E-state index is -1.00. The number of benzene rings is 1. The van der Waals surface area contributed by atoms with Crippen molar-refractivity contribution in [2.24, 2.45) is 23.2 Å². The van der Waals surface area contributed by atoms with E-state index < -0.39 is 12.0 Å². The molecule has 0 aromatic heterocycles. The van der Waals surface area contributed by atoms with Crippen LogP contribution in [0.5, 0.6) is 0 Å². The highest BCUT2D eigenvalue weighted by Crippen LogP contribution is 2.60. The second-order valence-electron chi connectivity index (χ2n) is 8.50. The van der Waals surface area contributed by atoms with Crippen molar-refractivity contribution in [3.63, 3.8) is 0 Å². The molecule has 2 N–H and O–H groups in total. The normalized spacial score (nSPS) is 33.1. The molecule has 1 amide bonds. The van der Waals surface area contributed by atoms with E-state index in [9.17, 15) is 14.7 Å². The van der Waals surface area contributed by atoms with E-state index in [-0.39, 0.29) is 17.7 Å². The maximum Gasteiger partial charge on any atom is 0.326 e. The SMILES string of the molecule is O=C(O)[C@H](Cc1cc(Cl)ccc1Br)NC(=O)C12CC3CC(CC(C3)C1)C2. The zero-order valence-electron chi connectivity index (χ0n) is 14.5. The van der Waals surface area contributed by atoms with Crippen molar-refractivity contribution in [1.82, 2.24) is 5.32 Å². The minimum Gasteiger partial charge on any atom is -0.480 e. The second kappa shape index (κ2) is 6.83. The molecule has 26 heavy (non-hydrogen) atoms. The summed E-state index contributed by atoms with van der Waals surface area (Å²) in [5.41, 5.74) is 0.448. The summed E-state index contributed by atoms with van der Waals surface area (Å²) in [6.45, 7) is 0. The Hall–Kier alpha value is -1.07. The molecule has 4 saturated carbocycles. The summed E-state index contributed by atoms with van der Waals surface area (Å²) in [5, 5.41) is 13.1. The Bertz CT molecular complexity index is 715. The Kier molecular flexibility index (Phi) is 4.81. The predicted molar refractivity (Wildman–Crippen MR) is 103 cm³/mol. The summed E-state index contributed by atoms with van der Waals surface area (Å²) in [6, 6.07) is 4.36. The van der Waals surface area contributed by atoms with E-state index in [2.05, 4.69) is 21.2 Å². The summed E-state index contributed by atoms with van der Waals surface area (Å²) in [4.78, 5) is 24.9. The first-order chi connectivity index (χ1) is 12.3. The zero-order valence-corrected chi connectivity index (χ0v) is 16.9. The van der Waals surface area contributed by atoms with Crippen LogP contribution in [0.1, 0.15) is 44.1 Å². The number of rotatable bonds is 5. The molecule has 4 fully saturated rings. The number of nitrogens with one attached hydrogen (secondary N) is 1. The number of amides is 1. The average molecular weight is 441 g/mol. The Morgan fingerprint density at radius 2 is 1.77 bits per heavy atom. The molecule has 1 atom stereocenters. The van der Waals surface area contributed by atoms with E-state index in [1.165, 1.54) is 19.3 Å². The van der Waals surface area contributed by atoms with Crippen molar-refractivity contribution in [2.45, 2.75) is 51.0 Å². The fraction of sp³-hybridized carbons (Fsp3) is 0.600. The van der Waals surface area contributed by atoms with Crippen LogP contribution >= 0.6 is 27.5 Å². The lowest BCUT2D eigenvalue weighted by molar-refractivity contribution is -0.151. The van der Waals surface area contributed by atoms with Crippen LogP contribution in [0.2, 0.25) is 5.02 Å². The fourth-order valence-electron chi connectivity index (χ4n) is 5.82. The number of hydrogen-bond acceptors (Lipinski definition) is 2.